The molecule has 0 atom stereocenters. The molecule has 1 aromatic heterocycles. The molecule has 5 nitrogen and oxygen atoms in total. The van der Waals surface area contributed by atoms with Gasteiger partial charge in [-0.3, -0.25) is 4.98 Å². The summed E-state index contributed by atoms with van der Waals surface area (Å²) in [4.78, 5) is 4.06. The molecule has 2 aromatic carbocycles. The van der Waals surface area contributed by atoms with Gasteiger partial charge in [-0.1, -0.05) is 36.4 Å². The molecule has 0 unspecified atom stereocenters. The van der Waals surface area contributed by atoms with Crippen molar-refractivity contribution in [3.05, 3.63) is 90.3 Å². The number of sulfonamides is 1. The molecule has 0 saturated heterocycles. The van der Waals surface area contributed by atoms with Crippen molar-refractivity contribution >= 4 is 10.0 Å². The SMILES string of the molecule is O=S(=O)(c1ccc(OC(F)(F)F)cc1)N(CCc1ccccc1)Cc1ccccn1. The minimum atomic E-state index is -4.85. The second-order valence-corrected chi connectivity index (χ2v) is 8.35. The highest BCUT2D eigenvalue weighted by Crippen LogP contribution is 2.25. The van der Waals surface area contributed by atoms with Gasteiger partial charge in [-0.15, -0.1) is 13.2 Å². The number of alkyl halides is 3. The topological polar surface area (TPSA) is 59.5 Å². The minimum absolute atomic E-state index is 0.0385. The molecular weight excluding hydrogens is 417 g/mol. The van der Waals surface area contributed by atoms with E-state index >= 15 is 0 Å². The van der Waals surface area contributed by atoms with Gasteiger partial charge in [0.15, 0.2) is 0 Å². The maximum Gasteiger partial charge on any atom is 0.573 e. The Balaban J connectivity index is 1.84. The third kappa shape index (κ3) is 6.04. The maximum atomic E-state index is 13.2. The number of halogens is 3. The van der Waals surface area contributed by atoms with Gasteiger partial charge in [-0.25, -0.2) is 8.42 Å². The monoisotopic (exact) mass is 436 g/mol. The zero-order chi connectivity index (χ0) is 21.6. The van der Waals surface area contributed by atoms with E-state index in [1.165, 1.54) is 4.31 Å². The molecule has 0 aliphatic rings. The second kappa shape index (κ2) is 9.27. The number of pyridine rings is 1. The summed E-state index contributed by atoms with van der Waals surface area (Å²) in [6.45, 7) is 0.223. The molecule has 0 fully saturated rings. The van der Waals surface area contributed by atoms with Gasteiger partial charge < -0.3 is 4.74 Å². The molecule has 3 rings (SSSR count). The number of nitrogens with zero attached hydrogens (tertiary/aromatic N) is 2. The fourth-order valence-corrected chi connectivity index (χ4v) is 4.23. The highest BCUT2D eigenvalue weighted by atomic mass is 32.2. The van der Waals surface area contributed by atoms with Crippen molar-refractivity contribution in [1.29, 1.82) is 0 Å². The van der Waals surface area contributed by atoms with E-state index in [4.69, 9.17) is 0 Å². The Hall–Kier alpha value is -2.91. The molecule has 0 spiro atoms. The van der Waals surface area contributed by atoms with Gasteiger partial charge in [0.05, 0.1) is 17.1 Å². The molecule has 30 heavy (non-hydrogen) atoms. The first-order valence-electron chi connectivity index (χ1n) is 9.04. The Kier molecular flexibility index (Phi) is 6.73. The summed E-state index contributed by atoms with van der Waals surface area (Å²) in [6.07, 6.45) is -2.80. The molecule has 0 amide bonds. The molecule has 158 valence electrons. The first-order valence-corrected chi connectivity index (χ1v) is 10.5. The largest absolute Gasteiger partial charge is 0.573 e. The summed E-state index contributed by atoms with van der Waals surface area (Å²) in [5.41, 5.74) is 1.53. The quantitative estimate of drug-likeness (QED) is 0.525. The predicted octanol–water partition coefficient (Wildman–Crippen LogP) is 4.41. The Morgan fingerprint density at radius 3 is 2.17 bits per heavy atom. The smallest absolute Gasteiger partial charge is 0.406 e. The number of ether oxygens (including phenoxy) is 1. The molecule has 1 heterocycles. The van der Waals surface area contributed by atoms with E-state index in [1.807, 2.05) is 30.3 Å². The van der Waals surface area contributed by atoms with Crippen LogP contribution in [0.15, 0.2) is 83.9 Å². The lowest BCUT2D eigenvalue weighted by Crippen LogP contribution is -2.33. The minimum Gasteiger partial charge on any atom is -0.406 e. The highest BCUT2D eigenvalue weighted by molar-refractivity contribution is 7.89. The van der Waals surface area contributed by atoms with Crippen molar-refractivity contribution in [2.75, 3.05) is 6.54 Å². The average molecular weight is 436 g/mol. The van der Waals surface area contributed by atoms with E-state index in [9.17, 15) is 21.6 Å². The van der Waals surface area contributed by atoms with E-state index in [2.05, 4.69) is 9.72 Å². The molecule has 0 N–H and O–H groups in total. The van der Waals surface area contributed by atoms with Crippen molar-refractivity contribution in [3.63, 3.8) is 0 Å². The molecule has 0 saturated carbocycles. The van der Waals surface area contributed by atoms with Gasteiger partial charge in [-0.2, -0.15) is 4.31 Å². The Bertz CT molecular complexity index is 1040. The average Bonchev–Trinajstić information content (AvgIpc) is 2.72. The maximum absolute atomic E-state index is 13.2. The summed E-state index contributed by atoms with van der Waals surface area (Å²) >= 11 is 0. The third-order valence-electron chi connectivity index (χ3n) is 4.25. The van der Waals surface area contributed by atoms with E-state index in [0.29, 0.717) is 12.1 Å². The van der Waals surface area contributed by atoms with Gasteiger partial charge in [0.25, 0.3) is 0 Å². The number of hydrogen-bond acceptors (Lipinski definition) is 4. The number of hydrogen-bond donors (Lipinski definition) is 0. The number of benzene rings is 2. The van der Waals surface area contributed by atoms with Gasteiger partial charge in [0, 0.05) is 12.7 Å². The van der Waals surface area contributed by atoms with Crippen LogP contribution in [0.2, 0.25) is 0 Å². The van der Waals surface area contributed by atoms with Crippen LogP contribution in [0.25, 0.3) is 0 Å². The van der Waals surface area contributed by atoms with E-state index < -0.39 is 22.1 Å². The van der Waals surface area contributed by atoms with Crippen LogP contribution in [-0.2, 0) is 23.0 Å². The van der Waals surface area contributed by atoms with Crippen LogP contribution in [-0.4, -0.2) is 30.6 Å². The van der Waals surface area contributed by atoms with Crippen LogP contribution in [0, 0.1) is 0 Å². The Labute approximate surface area is 172 Å². The normalized spacial score (nSPS) is 12.1. The van der Waals surface area contributed by atoms with Crippen LogP contribution < -0.4 is 4.74 Å². The number of rotatable bonds is 8. The van der Waals surface area contributed by atoms with Gasteiger partial charge in [0.1, 0.15) is 5.75 Å². The molecule has 0 aliphatic heterocycles. The predicted molar refractivity (Wildman–Crippen MR) is 105 cm³/mol. The first kappa shape index (κ1) is 21.8. The molecule has 0 radical (unpaired) electrons. The summed E-state index contributed by atoms with van der Waals surface area (Å²) in [5, 5.41) is 0. The van der Waals surface area contributed by atoms with Crippen LogP contribution in [0.5, 0.6) is 5.75 Å². The zero-order valence-electron chi connectivity index (χ0n) is 15.8. The summed E-state index contributed by atoms with van der Waals surface area (Å²) in [5.74, 6) is -0.484. The zero-order valence-corrected chi connectivity index (χ0v) is 16.6. The van der Waals surface area contributed by atoms with Crippen molar-refractivity contribution in [2.24, 2.45) is 0 Å². The van der Waals surface area contributed by atoms with Crippen LogP contribution in [0.4, 0.5) is 13.2 Å². The third-order valence-corrected chi connectivity index (χ3v) is 6.11. The molecule has 0 bridgehead atoms. The number of aromatic nitrogens is 1. The summed E-state index contributed by atoms with van der Waals surface area (Å²) in [6, 6.07) is 18.8. The van der Waals surface area contributed by atoms with Crippen LogP contribution in [0.1, 0.15) is 11.3 Å². The van der Waals surface area contributed by atoms with Gasteiger partial charge in [-0.05, 0) is 48.4 Å². The van der Waals surface area contributed by atoms with Crippen molar-refractivity contribution in [3.8, 4) is 5.75 Å². The van der Waals surface area contributed by atoms with Crippen molar-refractivity contribution in [1.82, 2.24) is 9.29 Å². The van der Waals surface area contributed by atoms with E-state index in [0.717, 1.165) is 29.8 Å². The summed E-state index contributed by atoms with van der Waals surface area (Å²) in [7, 11) is -3.97. The second-order valence-electron chi connectivity index (χ2n) is 6.41. The Morgan fingerprint density at radius 2 is 1.57 bits per heavy atom. The van der Waals surface area contributed by atoms with Crippen molar-refractivity contribution in [2.45, 2.75) is 24.2 Å². The van der Waals surface area contributed by atoms with E-state index in [-0.39, 0.29) is 18.0 Å². The fourth-order valence-electron chi connectivity index (χ4n) is 2.82. The van der Waals surface area contributed by atoms with Gasteiger partial charge >= 0.3 is 6.36 Å². The molecular formula is C21H19F3N2O3S. The lowest BCUT2D eigenvalue weighted by atomic mass is 10.1. The van der Waals surface area contributed by atoms with Gasteiger partial charge in [0.2, 0.25) is 10.0 Å². The van der Waals surface area contributed by atoms with Crippen LogP contribution in [0.3, 0.4) is 0 Å². The molecule has 3 aromatic rings. The van der Waals surface area contributed by atoms with Crippen molar-refractivity contribution < 1.29 is 26.3 Å². The van der Waals surface area contributed by atoms with Crippen LogP contribution >= 0.6 is 0 Å². The molecule has 9 heteroatoms. The highest BCUT2D eigenvalue weighted by Gasteiger charge is 2.31. The Morgan fingerprint density at radius 1 is 0.900 bits per heavy atom. The lowest BCUT2D eigenvalue weighted by Gasteiger charge is -2.22. The van der Waals surface area contributed by atoms with E-state index in [1.54, 1.807) is 24.4 Å². The summed E-state index contributed by atoms with van der Waals surface area (Å²) < 4.78 is 68.5. The standard InChI is InChI=1S/C21H19F3N2O3S/c22-21(23,24)29-19-9-11-20(12-10-19)30(27,28)26(16-18-8-4-5-14-25-18)15-13-17-6-2-1-3-7-17/h1-12,14H,13,15-16H2. The first-order chi connectivity index (χ1) is 14.2. The molecule has 0 aliphatic carbocycles. The fraction of sp³-hybridized carbons (Fsp3) is 0.190. The lowest BCUT2D eigenvalue weighted by molar-refractivity contribution is -0.274.